The summed E-state index contributed by atoms with van der Waals surface area (Å²) in [6.45, 7) is 8.48. The number of carbonyl (C=O) groups is 1. The minimum absolute atomic E-state index is 0.0486. The number of hydrogen-bond donors (Lipinski definition) is 1. The Morgan fingerprint density at radius 3 is 2.71 bits per heavy atom. The molecule has 1 N–H and O–H groups in total. The van der Waals surface area contributed by atoms with E-state index in [-0.39, 0.29) is 29.6 Å². The van der Waals surface area contributed by atoms with Gasteiger partial charge in [0.2, 0.25) is 5.91 Å². The topological polar surface area (TPSA) is 77.8 Å². The fraction of sp³-hybridized carbons (Fsp3) is 0.545. The Kier molecular flexibility index (Phi) is 5.79. The molecule has 1 fully saturated rings. The van der Waals surface area contributed by atoms with Crippen LogP contribution in [-0.4, -0.2) is 31.3 Å². The van der Waals surface area contributed by atoms with E-state index in [0.717, 1.165) is 29.4 Å². The summed E-state index contributed by atoms with van der Waals surface area (Å²) >= 11 is 0. The standard InChI is InChI=1S/C22H29NO5/c1-13-16-6-8-18(26-5)14(2)20(16)28-21(25)17(13)7-9-19(24)23-15-10-11-27-22(3,4)12-15/h6,8,15H,7,9-12H2,1-5H3,(H,23,24)/t15-/m0/s1. The first kappa shape index (κ1) is 20.4. The van der Waals surface area contributed by atoms with E-state index in [9.17, 15) is 9.59 Å². The number of benzene rings is 1. The van der Waals surface area contributed by atoms with Crippen LogP contribution >= 0.6 is 0 Å². The monoisotopic (exact) mass is 387 g/mol. The van der Waals surface area contributed by atoms with E-state index in [0.29, 0.717) is 29.9 Å². The maximum atomic E-state index is 12.5. The molecule has 2 heterocycles. The Balaban J connectivity index is 1.74. The molecule has 152 valence electrons. The van der Waals surface area contributed by atoms with Crippen molar-refractivity contribution < 1.29 is 18.7 Å². The first-order valence-electron chi connectivity index (χ1n) is 9.75. The first-order chi connectivity index (χ1) is 13.2. The largest absolute Gasteiger partial charge is 0.496 e. The van der Waals surface area contributed by atoms with Gasteiger partial charge in [-0.1, -0.05) is 0 Å². The Hall–Kier alpha value is -2.34. The van der Waals surface area contributed by atoms with Gasteiger partial charge in [0, 0.05) is 35.6 Å². The van der Waals surface area contributed by atoms with Gasteiger partial charge in [0.25, 0.3) is 0 Å². The van der Waals surface area contributed by atoms with Gasteiger partial charge in [-0.2, -0.15) is 0 Å². The molecule has 2 aromatic rings. The van der Waals surface area contributed by atoms with Gasteiger partial charge in [0.15, 0.2) is 0 Å². The molecule has 6 nitrogen and oxygen atoms in total. The first-order valence-corrected chi connectivity index (χ1v) is 9.75. The zero-order valence-electron chi connectivity index (χ0n) is 17.3. The highest BCUT2D eigenvalue weighted by molar-refractivity contribution is 5.85. The predicted molar refractivity (Wildman–Crippen MR) is 108 cm³/mol. The average molecular weight is 387 g/mol. The Labute approximate surface area is 165 Å². The molecule has 1 aromatic carbocycles. The summed E-state index contributed by atoms with van der Waals surface area (Å²) in [4.78, 5) is 25.0. The van der Waals surface area contributed by atoms with Crippen molar-refractivity contribution in [3.63, 3.8) is 0 Å². The van der Waals surface area contributed by atoms with Crippen LogP contribution in [0.15, 0.2) is 21.3 Å². The van der Waals surface area contributed by atoms with Crippen molar-refractivity contribution in [2.24, 2.45) is 0 Å². The van der Waals surface area contributed by atoms with Crippen LogP contribution in [0.2, 0.25) is 0 Å². The number of methoxy groups -OCH3 is 1. The molecule has 3 rings (SSSR count). The van der Waals surface area contributed by atoms with Gasteiger partial charge in [-0.05, 0) is 64.7 Å². The van der Waals surface area contributed by atoms with Gasteiger partial charge < -0.3 is 19.2 Å². The van der Waals surface area contributed by atoms with Crippen molar-refractivity contribution in [3.8, 4) is 5.75 Å². The number of rotatable bonds is 5. The third-order valence-electron chi connectivity index (χ3n) is 5.54. The van der Waals surface area contributed by atoms with E-state index in [1.807, 2.05) is 39.8 Å². The minimum atomic E-state index is -0.388. The van der Waals surface area contributed by atoms with E-state index >= 15 is 0 Å². The van der Waals surface area contributed by atoms with Gasteiger partial charge in [0.05, 0.1) is 12.7 Å². The third kappa shape index (κ3) is 4.22. The molecule has 1 amide bonds. The molecule has 0 spiro atoms. The molecule has 0 unspecified atom stereocenters. The average Bonchev–Trinajstić information content (AvgIpc) is 2.61. The van der Waals surface area contributed by atoms with E-state index in [1.165, 1.54) is 0 Å². The summed E-state index contributed by atoms with van der Waals surface area (Å²) in [7, 11) is 1.59. The van der Waals surface area contributed by atoms with Gasteiger partial charge in [0.1, 0.15) is 11.3 Å². The zero-order valence-corrected chi connectivity index (χ0v) is 17.3. The van der Waals surface area contributed by atoms with Gasteiger partial charge >= 0.3 is 5.63 Å². The molecule has 28 heavy (non-hydrogen) atoms. The Bertz CT molecular complexity index is 944. The second kappa shape index (κ2) is 7.95. The lowest BCUT2D eigenvalue weighted by atomic mass is 9.93. The summed E-state index contributed by atoms with van der Waals surface area (Å²) in [5, 5.41) is 3.95. The van der Waals surface area contributed by atoms with Gasteiger partial charge in [-0.25, -0.2) is 4.79 Å². The maximum absolute atomic E-state index is 12.5. The maximum Gasteiger partial charge on any atom is 0.339 e. The van der Waals surface area contributed by atoms with E-state index in [1.54, 1.807) is 7.11 Å². The highest BCUT2D eigenvalue weighted by Gasteiger charge is 2.29. The lowest BCUT2D eigenvalue weighted by Gasteiger charge is -2.35. The third-order valence-corrected chi connectivity index (χ3v) is 5.54. The smallest absolute Gasteiger partial charge is 0.339 e. The highest BCUT2D eigenvalue weighted by atomic mass is 16.5. The predicted octanol–water partition coefficient (Wildman–Crippen LogP) is 3.42. The fourth-order valence-electron chi connectivity index (χ4n) is 3.97. The summed E-state index contributed by atoms with van der Waals surface area (Å²) < 4.78 is 16.6. The number of hydrogen-bond acceptors (Lipinski definition) is 5. The number of amides is 1. The van der Waals surface area contributed by atoms with Crippen LogP contribution in [0, 0.1) is 13.8 Å². The van der Waals surface area contributed by atoms with Crippen molar-refractivity contribution >= 4 is 16.9 Å². The quantitative estimate of drug-likeness (QED) is 0.796. The number of ether oxygens (including phenoxy) is 2. The molecule has 0 radical (unpaired) electrons. The SMILES string of the molecule is COc1ccc2c(C)c(CCC(=O)N[C@H]3CCOC(C)(C)C3)c(=O)oc2c1C. The summed E-state index contributed by atoms with van der Waals surface area (Å²) in [5.74, 6) is 0.633. The molecule has 1 aliphatic rings. The second-order valence-electron chi connectivity index (χ2n) is 8.13. The normalized spacial score (nSPS) is 18.8. The highest BCUT2D eigenvalue weighted by Crippen LogP contribution is 2.29. The molecule has 1 atom stereocenters. The minimum Gasteiger partial charge on any atom is -0.496 e. The number of nitrogens with one attached hydrogen (secondary N) is 1. The molecule has 1 aromatic heterocycles. The molecule has 0 bridgehead atoms. The van der Waals surface area contributed by atoms with E-state index in [2.05, 4.69) is 5.32 Å². The van der Waals surface area contributed by atoms with Crippen LogP contribution in [0.4, 0.5) is 0 Å². The van der Waals surface area contributed by atoms with Crippen LogP contribution in [-0.2, 0) is 16.0 Å². The summed E-state index contributed by atoms with van der Waals surface area (Å²) in [6, 6.07) is 3.88. The van der Waals surface area contributed by atoms with Crippen LogP contribution in [0.5, 0.6) is 5.75 Å². The lowest BCUT2D eigenvalue weighted by molar-refractivity contribution is -0.124. The van der Waals surface area contributed by atoms with Crippen molar-refractivity contribution in [3.05, 3.63) is 39.2 Å². The number of aryl methyl sites for hydroxylation is 2. The van der Waals surface area contributed by atoms with Crippen molar-refractivity contribution in [2.75, 3.05) is 13.7 Å². The lowest BCUT2D eigenvalue weighted by Crippen LogP contribution is -2.45. The van der Waals surface area contributed by atoms with Crippen LogP contribution in [0.3, 0.4) is 0 Å². The van der Waals surface area contributed by atoms with Crippen molar-refractivity contribution in [2.45, 2.75) is 65.0 Å². The molecule has 0 saturated carbocycles. The molecule has 1 saturated heterocycles. The van der Waals surface area contributed by atoms with E-state index in [4.69, 9.17) is 13.9 Å². The Morgan fingerprint density at radius 1 is 1.29 bits per heavy atom. The second-order valence-corrected chi connectivity index (χ2v) is 8.13. The summed E-state index contributed by atoms with van der Waals surface area (Å²) in [6.07, 6.45) is 2.21. The summed E-state index contributed by atoms with van der Waals surface area (Å²) in [5.41, 5.74) is 2.15. The Morgan fingerprint density at radius 2 is 2.04 bits per heavy atom. The fourth-order valence-corrected chi connectivity index (χ4v) is 3.97. The molecule has 1 aliphatic heterocycles. The van der Waals surface area contributed by atoms with Crippen LogP contribution in [0.25, 0.3) is 11.0 Å². The molecule has 0 aliphatic carbocycles. The van der Waals surface area contributed by atoms with Gasteiger partial charge in [-0.15, -0.1) is 0 Å². The molecular weight excluding hydrogens is 358 g/mol. The van der Waals surface area contributed by atoms with Crippen molar-refractivity contribution in [1.82, 2.24) is 5.32 Å². The van der Waals surface area contributed by atoms with Crippen LogP contribution < -0.4 is 15.7 Å². The van der Waals surface area contributed by atoms with Crippen molar-refractivity contribution in [1.29, 1.82) is 0 Å². The number of fused-ring (bicyclic) bond motifs is 1. The zero-order chi connectivity index (χ0) is 20.5. The number of carbonyl (C=O) groups excluding carboxylic acids is 1. The van der Waals surface area contributed by atoms with E-state index < -0.39 is 0 Å². The molecule has 6 heteroatoms. The van der Waals surface area contributed by atoms with Crippen LogP contribution in [0.1, 0.15) is 49.8 Å². The molecular formula is C22H29NO5. The van der Waals surface area contributed by atoms with Gasteiger partial charge in [-0.3, -0.25) is 4.79 Å².